The first-order valence-electron chi connectivity index (χ1n) is 7.99. The number of benzene rings is 1. The Kier molecular flexibility index (Phi) is 5.48. The van der Waals surface area contributed by atoms with Gasteiger partial charge in [0, 0.05) is 16.1 Å². The van der Waals surface area contributed by atoms with Gasteiger partial charge in [-0.05, 0) is 55.2 Å². The van der Waals surface area contributed by atoms with Crippen molar-refractivity contribution in [1.82, 2.24) is 5.32 Å². The molecule has 2 rings (SSSR count). The predicted octanol–water partition coefficient (Wildman–Crippen LogP) is 5.17. The summed E-state index contributed by atoms with van der Waals surface area (Å²) < 4.78 is 0.948. The van der Waals surface area contributed by atoms with Gasteiger partial charge in [0.1, 0.15) is 0 Å². The van der Waals surface area contributed by atoms with E-state index in [4.69, 9.17) is 0 Å². The fourth-order valence-electron chi connectivity index (χ4n) is 3.21. The van der Waals surface area contributed by atoms with E-state index in [0.717, 1.165) is 28.8 Å². The van der Waals surface area contributed by atoms with Crippen LogP contribution in [0.25, 0.3) is 0 Å². The number of hydrogen-bond donors (Lipinski definition) is 1. The highest BCUT2D eigenvalue weighted by Crippen LogP contribution is 2.40. The first-order chi connectivity index (χ1) is 9.92. The Balaban J connectivity index is 1.88. The highest BCUT2D eigenvalue weighted by molar-refractivity contribution is 9.10. The molecule has 0 radical (unpaired) electrons. The van der Waals surface area contributed by atoms with Gasteiger partial charge in [-0.1, -0.05) is 49.2 Å². The Labute approximate surface area is 136 Å². The third-order valence-electron chi connectivity index (χ3n) is 5.17. The lowest BCUT2D eigenvalue weighted by molar-refractivity contribution is 0.0893. The quantitative estimate of drug-likeness (QED) is 0.795. The fraction of sp³-hybridized carbons (Fsp3) is 0.611. The lowest BCUT2D eigenvalue weighted by Crippen LogP contribution is -2.39. The van der Waals surface area contributed by atoms with Gasteiger partial charge in [-0.15, -0.1) is 0 Å². The number of rotatable bonds is 4. The molecule has 2 nitrogen and oxygen atoms in total. The van der Waals surface area contributed by atoms with E-state index in [0.29, 0.717) is 11.5 Å². The van der Waals surface area contributed by atoms with Crippen molar-refractivity contribution >= 4 is 21.8 Å². The first kappa shape index (κ1) is 16.5. The van der Waals surface area contributed by atoms with E-state index in [1.807, 2.05) is 24.3 Å². The standard InChI is InChI=1S/C18H26BrNO/c1-4-18(2,3)14-8-10-16(11-9-14)20-17(21)13-6-5-7-15(19)12-13/h5-7,12,14,16H,4,8-11H2,1-3H3,(H,20,21). The van der Waals surface area contributed by atoms with Crippen LogP contribution in [0.4, 0.5) is 0 Å². The normalized spacial score (nSPS) is 22.9. The predicted molar refractivity (Wildman–Crippen MR) is 91.4 cm³/mol. The Morgan fingerprint density at radius 1 is 1.29 bits per heavy atom. The zero-order valence-electron chi connectivity index (χ0n) is 13.3. The van der Waals surface area contributed by atoms with Gasteiger partial charge in [-0.25, -0.2) is 0 Å². The minimum absolute atomic E-state index is 0.0505. The number of carbonyl (C=O) groups excluding carboxylic acids is 1. The molecule has 0 unspecified atom stereocenters. The van der Waals surface area contributed by atoms with E-state index in [2.05, 4.69) is 42.0 Å². The molecule has 116 valence electrons. The van der Waals surface area contributed by atoms with Gasteiger partial charge in [-0.2, -0.15) is 0 Å². The van der Waals surface area contributed by atoms with E-state index in [1.165, 1.54) is 19.3 Å². The fourth-order valence-corrected chi connectivity index (χ4v) is 3.61. The molecule has 0 aromatic heterocycles. The maximum absolute atomic E-state index is 12.3. The molecule has 3 heteroatoms. The summed E-state index contributed by atoms with van der Waals surface area (Å²) in [5.74, 6) is 0.844. The van der Waals surface area contributed by atoms with Gasteiger partial charge in [0.2, 0.25) is 0 Å². The summed E-state index contributed by atoms with van der Waals surface area (Å²) in [6.45, 7) is 7.03. The lowest BCUT2D eigenvalue weighted by Gasteiger charge is -2.39. The van der Waals surface area contributed by atoms with Crippen LogP contribution in [0.3, 0.4) is 0 Å². The average Bonchev–Trinajstić information content (AvgIpc) is 2.48. The number of nitrogens with one attached hydrogen (secondary N) is 1. The summed E-state index contributed by atoms with van der Waals surface area (Å²) >= 11 is 3.41. The number of halogens is 1. The van der Waals surface area contributed by atoms with Gasteiger partial charge in [0.15, 0.2) is 0 Å². The number of amides is 1. The Morgan fingerprint density at radius 2 is 1.95 bits per heavy atom. The molecule has 0 aliphatic heterocycles. The van der Waals surface area contributed by atoms with Crippen LogP contribution >= 0.6 is 15.9 Å². The van der Waals surface area contributed by atoms with Gasteiger partial charge < -0.3 is 5.32 Å². The molecule has 0 heterocycles. The van der Waals surface area contributed by atoms with Crippen LogP contribution in [-0.2, 0) is 0 Å². The van der Waals surface area contributed by atoms with Gasteiger partial charge in [0.05, 0.1) is 0 Å². The van der Waals surface area contributed by atoms with Gasteiger partial charge in [-0.3, -0.25) is 4.79 Å². The summed E-state index contributed by atoms with van der Waals surface area (Å²) in [6, 6.07) is 7.92. The van der Waals surface area contributed by atoms with Crippen molar-refractivity contribution in [3.63, 3.8) is 0 Å². The molecule has 21 heavy (non-hydrogen) atoms. The molecule has 0 bridgehead atoms. The van der Waals surface area contributed by atoms with Crippen molar-refractivity contribution in [2.75, 3.05) is 0 Å². The lowest BCUT2D eigenvalue weighted by atomic mass is 9.69. The van der Waals surface area contributed by atoms with Crippen molar-refractivity contribution in [2.45, 2.75) is 58.9 Å². The highest BCUT2D eigenvalue weighted by atomic mass is 79.9. The molecule has 1 N–H and O–H groups in total. The molecule has 0 spiro atoms. The van der Waals surface area contributed by atoms with Crippen LogP contribution in [-0.4, -0.2) is 11.9 Å². The third-order valence-corrected chi connectivity index (χ3v) is 5.66. The van der Waals surface area contributed by atoms with Crippen molar-refractivity contribution in [3.8, 4) is 0 Å². The molecule has 1 aromatic rings. The van der Waals surface area contributed by atoms with E-state index in [9.17, 15) is 4.79 Å². The zero-order chi connectivity index (χ0) is 15.5. The summed E-state index contributed by atoms with van der Waals surface area (Å²) in [6.07, 6.45) is 5.89. The molecular weight excluding hydrogens is 326 g/mol. The molecule has 1 aromatic carbocycles. The summed E-state index contributed by atoms with van der Waals surface area (Å²) in [7, 11) is 0. The molecular formula is C18H26BrNO. The van der Waals surface area contributed by atoms with Gasteiger partial charge in [0.25, 0.3) is 5.91 Å². The van der Waals surface area contributed by atoms with E-state index in [1.54, 1.807) is 0 Å². The van der Waals surface area contributed by atoms with Crippen LogP contribution in [0, 0.1) is 11.3 Å². The minimum atomic E-state index is 0.0505. The topological polar surface area (TPSA) is 29.1 Å². The maximum atomic E-state index is 12.3. The Hall–Kier alpha value is -0.830. The second-order valence-electron chi connectivity index (χ2n) is 6.87. The molecule has 1 amide bonds. The molecule has 1 aliphatic carbocycles. The number of hydrogen-bond acceptors (Lipinski definition) is 1. The van der Waals surface area contributed by atoms with E-state index in [-0.39, 0.29) is 5.91 Å². The van der Waals surface area contributed by atoms with Gasteiger partial charge >= 0.3 is 0 Å². The Bertz CT molecular complexity index is 490. The van der Waals surface area contributed by atoms with Crippen LogP contribution in [0.2, 0.25) is 0 Å². The van der Waals surface area contributed by atoms with E-state index >= 15 is 0 Å². The summed E-state index contributed by atoms with van der Waals surface area (Å²) in [4.78, 5) is 12.3. The van der Waals surface area contributed by atoms with Crippen LogP contribution in [0.15, 0.2) is 28.7 Å². The van der Waals surface area contributed by atoms with Crippen LogP contribution < -0.4 is 5.32 Å². The zero-order valence-corrected chi connectivity index (χ0v) is 14.9. The van der Waals surface area contributed by atoms with Crippen molar-refractivity contribution < 1.29 is 4.79 Å². The minimum Gasteiger partial charge on any atom is -0.349 e. The second-order valence-corrected chi connectivity index (χ2v) is 7.79. The smallest absolute Gasteiger partial charge is 0.251 e. The summed E-state index contributed by atoms with van der Waals surface area (Å²) in [5.41, 5.74) is 1.17. The highest BCUT2D eigenvalue weighted by Gasteiger charge is 2.32. The van der Waals surface area contributed by atoms with E-state index < -0.39 is 0 Å². The maximum Gasteiger partial charge on any atom is 0.251 e. The number of carbonyl (C=O) groups is 1. The SMILES string of the molecule is CCC(C)(C)C1CCC(NC(=O)c2cccc(Br)c2)CC1. The van der Waals surface area contributed by atoms with Crippen molar-refractivity contribution in [2.24, 2.45) is 11.3 Å². The average molecular weight is 352 g/mol. The molecule has 0 saturated heterocycles. The molecule has 1 saturated carbocycles. The monoisotopic (exact) mass is 351 g/mol. The van der Waals surface area contributed by atoms with Crippen molar-refractivity contribution in [1.29, 1.82) is 0 Å². The van der Waals surface area contributed by atoms with Crippen LogP contribution in [0.5, 0.6) is 0 Å². The molecule has 1 aliphatic rings. The Morgan fingerprint density at radius 3 is 2.52 bits per heavy atom. The largest absolute Gasteiger partial charge is 0.349 e. The van der Waals surface area contributed by atoms with Crippen molar-refractivity contribution in [3.05, 3.63) is 34.3 Å². The summed E-state index contributed by atoms with van der Waals surface area (Å²) in [5, 5.41) is 3.19. The first-order valence-corrected chi connectivity index (χ1v) is 8.78. The second kappa shape index (κ2) is 6.95. The molecule has 0 atom stereocenters. The van der Waals surface area contributed by atoms with Crippen LogP contribution in [0.1, 0.15) is 63.2 Å². The third kappa shape index (κ3) is 4.32. The molecule has 1 fully saturated rings.